The van der Waals surface area contributed by atoms with Gasteiger partial charge in [-0.05, 0) is 43.3 Å². The average Bonchev–Trinajstić information content (AvgIpc) is 2.97. The van der Waals surface area contributed by atoms with Crippen LogP contribution < -0.4 is 5.32 Å². The molecule has 1 aromatic heterocycles. The Morgan fingerprint density at radius 1 is 1.15 bits per heavy atom. The molecule has 2 aromatic carbocycles. The highest BCUT2D eigenvalue weighted by Crippen LogP contribution is 2.22. The molecular weight excluding hydrogens is 350 g/mol. The molecule has 7 heteroatoms. The molecule has 6 nitrogen and oxygen atoms in total. The van der Waals surface area contributed by atoms with Gasteiger partial charge < -0.3 is 14.6 Å². The summed E-state index contributed by atoms with van der Waals surface area (Å²) < 4.78 is 6.91. The number of imidazole rings is 1. The Balaban J connectivity index is 1.58. The lowest BCUT2D eigenvalue weighted by molar-refractivity contribution is -0.113. The second-order valence-electron chi connectivity index (χ2n) is 5.58. The Labute approximate surface area is 155 Å². The molecule has 0 aliphatic rings. The molecule has 0 aliphatic carbocycles. The van der Waals surface area contributed by atoms with Crippen LogP contribution in [0.5, 0.6) is 0 Å². The fraction of sp³-hybridized carbons (Fsp3) is 0.211. The van der Waals surface area contributed by atoms with Gasteiger partial charge in [-0.3, -0.25) is 4.79 Å². The van der Waals surface area contributed by atoms with Crippen molar-refractivity contribution in [3.63, 3.8) is 0 Å². The zero-order valence-electron chi connectivity index (χ0n) is 14.6. The molecule has 134 valence electrons. The fourth-order valence-electron chi connectivity index (χ4n) is 2.48. The number of esters is 1. The Kier molecular flexibility index (Phi) is 5.58. The number of carbonyl (C=O) groups is 2. The van der Waals surface area contributed by atoms with E-state index < -0.39 is 0 Å². The zero-order valence-corrected chi connectivity index (χ0v) is 15.4. The van der Waals surface area contributed by atoms with Crippen molar-refractivity contribution in [1.29, 1.82) is 0 Å². The summed E-state index contributed by atoms with van der Waals surface area (Å²) in [5.41, 5.74) is 3.03. The van der Waals surface area contributed by atoms with Crippen LogP contribution in [-0.2, 0) is 16.6 Å². The summed E-state index contributed by atoms with van der Waals surface area (Å²) in [5.74, 6) is -0.259. The Hall–Kier alpha value is -2.80. The summed E-state index contributed by atoms with van der Waals surface area (Å²) >= 11 is 1.38. The number of rotatable bonds is 6. The number of aryl methyl sites for hydroxylation is 1. The van der Waals surface area contributed by atoms with Crippen LogP contribution in [0.3, 0.4) is 0 Å². The highest BCUT2D eigenvalue weighted by Gasteiger charge is 2.11. The molecule has 0 unspecified atom stereocenters. The third kappa shape index (κ3) is 4.05. The second-order valence-corrected chi connectivity index (χ2v) is 6.52. The Morgan fingerprint density at radius 3 is 2.58 bits per heavy atom. The smallest absolute Gasteiger partial charge is 0.338 e. The van der Waals surface area contributed by atoms with E-state index in [-0.39, 0.29) is 17.6 Å². The lowest BCUT2D eigenvalue weighted by atomic mass is 10.2. The molecule has 0 radical (unpaired) electrons. The van der Waals surface area contributed by atoms with Gasteiger partial charge in [0, 0.05) is 12.7 Å². The van der Waals surface area contributed by atoms with Gasteiger partial charge in [0.05, 0.1) is 29.0 Å². The van der Waals surface area contributed by atoms with Crippen molar-refractivity contribution in [2.75, 3.05) is 17.7 Å². The van der Waals surface area contributed by atoms with E-state index in [1.807, 2.05) is 35.9 Å². The van der Waals surface area contributed by atoms with Gasteiger partial charge in [0.1, 0.15) is 0 Å². The molecule has 3 rings (SSSR count). The van der Waals surface area contributed by atoms with Crippen LogP contribution in [0.15, 0.2) is 53.7 Å². The van der Waals surface area contributed by atoms with E-state index in [0.717, 1.165) is 16.2 Å². The molecule has 0 saturated heterocycles. The van der Waals surface area contributed by atoms with Crippen molar-refractivity contribution in [2.45, 2.75) is 12.1 Å². The second kappa shape index (κ2) is 8.05. The molecule has 26 heavy (non-hydrogen) atoms. The van der Waals surface area contributed by atoms with Gasteiger partial charge in [-0.2, -0.15) is 0 Å². The number of anilines is 1. The van der Waals surface area contributed by atoms with Gasteiger partial charge in [0.25, 0.3) is 0 Å². The third-order valence-corrected chi connectivity index (χ3v) is 4.79. The van der Waals surface area contributed by atoms with Gasteiger partial charge in [-0.25, -0.2) is 9.78 Å². The first kappa shape index (κ1) is 18.0. The van der Waals surface area contributed by atoms with Crippen LogP contribution in [0.4, 0.5) is 5.69 Å². The predicted octanol–water partition coefficient (Wildman–Crippen LogP) is 3.48. The number of nitrogens with one attached hydrogen (secondary N) is 1. The number of carbonyl (C=O) groups excluding carboxylic acids is 2. The van der Waals surface area contributed by atoms with Crippen LogP contribution in [0.2, 0.25) is 0 Å². The number of hydrogen-bond donors (Lipinski definition) is 1. The molecule has 0 fully saturated rings. The number of ether oxygens (including phenoxy) is 1. The lowest BCUT2D eigenvalue weighted by Gasteiger charge is -2.06. The summed E-state index contributed by atoms with van der Waals surface area (Å²) in [6, 6.07) is 14.5. The maximum Gasteiger partial charge on any atom is 0.338 e. The van der Waals surface area contributed by atoms with E-state index in [4.69, 9.17) is 4.74 Å². The van der Waals surface area contributed by atoms with Crippen LogP contribution in [0.25, 0.3) is 11.0 Å². The van der Waals surface area contributed by atoms with Gasteiger partial charge in [-0.1, -0.05) is 23.9 Å². The van der Waals surface area contributed by atoms with Crippen molar-refractivity contribution in [1.82, 2.24) is 9.55 Å². The number of para-hydroxylation sites is 2. The topological polar surface area (TPSA) is 73.2 Å². The quantitative estimate of drug-likeness (QED) is 0.532. The largest absolute Gasteiger partial charge is 0.462 e. The molecule has 1 N–H and O–H groups in total. The van der Waals surface area contributed by atoms with Crippen molar-refractivity contribution in [3.8, 4) is 0 Å². The van der Waals surface area contributed by atoms with Crippen LogP contribution in [0.1, 0.15) is 17.3 Å². The monoisotopic (exact) mass is 369 g/mol. The number of fused-ring (bicyclic) bond motifs is 1. The highest BCUT2D eigenvalue weighted by molar-refractivity contribution is 7.99. The molecule has 0 atom stereocenters. The van der Waals surface area contributed by atoms with Crippen molar-refractivity contribution < 1.29 is 14.3 Å². The first-order chi connectivity index (χ1) is 12.6. The number of thioether (sulfide) groups is 1. The van der Waals surface area contributed by atoms with E-state index in [1.165, 1.54) is 11.8 Å². The first-order valence-corrected chi connectivity index (χ1v) is 9.18. The van der Waals surface area contributed by atoms with Crippen LogP contribution >= 0.6 is 11.8 Å². The van der Waals surface area contributed by atoms with E-state index in [9.17, 15) is 9.59 Å². The summed E-state index contributed by atoms with van der Waals surface area (Å²) in [5, 5.41) is 3.61. The fourth-order valence-corrected chi connectivity index (χ4v) is 3.27. The van der Waals surface area contributed by atoms with Crippen molar-refractivity contribution in [3.05, 3.63) is 54.1 Å². The van der Waals surface area contributed by atoms with E-state index >= 15 is 0 Å². The number of amides is 1. The number of hydrogen-bond acceptors (Lipinski definition) is 5. The number of benzene rings is 2. The summed E-state index contributed by atoms with van der Waals surface area (Å²) in [7, 11) is 1.93. The first-order valence-electron chi connectivity index (χ1n) is 8.19. The molecule has 3 aromatic rings. The standard InChI is InChI=1S/C19H19N3O3S/c1-3-25-18(24)13-8-10-14(11-9-13)20-17(23)12-26-19-21-15-6-4-5-7-16(15)22(19)2/h4-11H,3,12H2,1-2H3,(H,20,23). The summed E-state index contributed by atoms with van der Waals surface area (Å²) in [4.78, 5) is 28.3. The maximum atomic E-state index is 12.2. The minimum absolute atomic E-state index is 0.133. The number of aromatic nitrogens is 2. The maximum absolute atomic E-state index is 12.2. The normalized spacial score (nSPS) is 10.7. The van der Waals surface area contributed by atoms with E-state index in [0.29, 0.717) is 17.9 Å². The van der Waals surface area contributed by atoms with Crippen molar-refractivity contribution >= 4 is 40.4 Å². The molecule has 0 bridgehead atoms. The molecular formula is C19H19N3O3S. The van der Waals surface area contributed by atoms with E-state index in [1.54, 1.807) is 31.2 Å². The third-order valence-electron chi connectivity index (χ3n) is 3.76. The van der Waals surface area contributed by atoms with Gasteiger partial charge in [0.15, 0.2) is 5.16 Å². The molecule has 0 saturated carbocycles. The van der Waals surface area contributed by atoms with Crippen LogP contribution in [-0.4, -0.2) is 33.8 Å². The molecule has 0 aliphatic heterocycles. The summed E-state index contributed by atoms with van der Waals surface area (Å²) in [6.07, 6.45) is 0. The van der Waals surface area contributed by atoms with Gasteiger partial charge in [0.2, 0.25) is 5.91 Å². The SMILES string of the molecule is CCOC(=O)c1ccc(NC(=O)CSc2nc3ccccc3n2C)cc1. The van der Waals surface area contributed by atoms with Crippen molar-refractivity contribution in [2.24, 2.45) is 7.05 Å². The Bertz CT molecular complexity index is 935. The minimum Gasteiger partial charge on any atom is -0.462 e. The molecule has 1 amide bonds. The average molecular weight is 369 g/mol. The lowest BCUT2D eigenvalue weighted by Crippen LogP contribution is -2.14. The van der Waals surface area contributed by atoms with E-state index in [2.05, 4.69) is 10.3 Å². The summed E-state index contributed by atoms with van der Waals surface area (Å²) in [6.45, 7) is 2.09. The Morgan fingerprint density at radius 2 is 1.88 bits per heavy atom. The highest BCUT2D eigenvalue weighted by atomic mass is 32.2. The van der Waals surface area contributed by atoms with Gasteiger partial charge >= 0.3 is 5.97 Å². The zero-order chi connectivity index (χ0) is 18.5. The predicted molar refractivity (Wildman–Crippen MR) is 102 cm³/mol. The molecule has 1 heterocycles. The van der Waals surface area contributed by atoms with Crippen LogP contribution in [0, 0.1) is 0 Å². The molecule has 0 spiro atoms. The number of nitrogens with zero attached hydrogens (tertiary/aromatic N) is 2. The van der Waals surface area contributed by atoms with Gasteiger partial charge in [-0.15, -0.1) is 0 Å². The minimum atomic E-state index is -0.372.